The zero-order valence-corrected chi connectivity index (χ0v) is 8.93. The monoisotopic (exact) mass is 282 g/mol. The third-order valence-corrected chi connectivity index (χ3v) is 2.55. The first-order valence-corrected chi connectivity index (χ1v) is 5.16. The van der Waals surface area contributed by atoms with E-state index in [0.29, 0.717) is 0 Å². The second-order valence-corrected chi connectivity index (χ2v) is 4.17. The minimum absolute atomic E-state index is 0.230. The molecule has 1 aromatic carbocycles. The summed E-state index contributed by atoms with van der Waals surface area (Å²) >= 11 is 0.362. The van der Waals surface area contributed by atoms with Gasteiger partial charge in [0.25, 0.3) is 0 Å². The van der Waals surface area contributed by atoms with E-state index in [9.17, 15) is 13.4 Å². The van der Waals surface area contributed by atoms with Gasteiger partial charge in [-0.1, -0.05) is 15.9 Å². The van der Waals surface area contributed by atoms with Crippen LogP contribution in [-0.2, 0) is 11.1 Å². The molecule has 14 heavy (non-hydrogen) atoms. The summed E-state index contributed by atoms with van der Waals surface area (Å²) in [7, 11) is 0. The van der Waals surface area contributed by atoms with E-state index in [4.69, 9.17) is 9.66 Å². The molecule has 2 N–H and O–H groups in total. The summed E-state index contributed by atoms with van der Waals surface area (Å²) in [4.78, 5) is 9.95. The molecule has 0 bridgehead atoms. The van der Waals surface area contributed by atoms with Crippen molar-refractivity contribution in [3.63, 3.8) is 0 Å². The number of hydrogen-bond donors (Lipinski definition) is 2. The molecule has 0 spiro atoms. The maximum atomic E-state index is 13.2. The van der Waals surface area contributed by atoms with Crippen LogP contribution in [0, 0.1) is 5.82 Å². The molecule has 0 aliphatic heterocycles. The molecule has 1 aromatic rings. The fourth-order valence-electron chi connectivity index (χ4n) is 0.847. The molecule has 76 valence electrons. The fourth-order valence-corrected chi connectivity index (χ4v) is 1.95. The molecule has 0 aliphatic rings. The predicted molar refractivity (Wildman–Crippen MR) is 50.1 cm³/mol. The molecule has 0 radical (unpaired) electrons. The minimum atomic E-state index is -2.55. The molecule has 0 saturated carbocycles. The number of hydrogen-bond acceptors (Lipinski definition) is 2. The number of carbonyl (C=O) groups is 1. The third kappa shape index (κ3) is 2.17. The summed E-state index contributed by atoms with van der Waals surface area (Å²) < 4.78 is 32.7. The standard InChI is InChI=1S/C7H4BrFO4S/c8-3-1-4(7(10)11)6(9)5(2-3)14(12)13/h1-2H,(H,10,11)(H,12,13). The second-order valence-electron chi connectivity index (χ2n) is 2.32. The van der Waals surface area contributed by atoms with E-state index in [-0.39, 0.29) is 4.47 Å². The van der Waals surface area contributed by atoms with Gasteiger partial charge < -0.3 is 9.66 Å². The van der Waals surface area contributed by atoms with E-state index >= 15 is 0 Å². The summed E-state index contributed by atoms with van der Waals surface area (Å²) in [5, 5.41) is 8.55. The van der Waals surface area contributed by atoms with E-state index < -0.39 is 33.3 Å². The van der Waals surface area contributed by atoms with Crippen molar-refractivity contribution in [2.45, 2.75) is 4.90 Å². The SMILES string of the molecule is O=C(O)c1cc(Br)cc(S(=O)O)c1F. The zero-order valence-electron chi connectivity index (χ0n) is 6.53. The highest BCUT2D eigenvalue weighted by atomic mass is 79.9. The lowest BCUT2D eigenvalue weighted by molar-refractivity contribution is 0.0691. The van der Waals surface area contributed by atoms with Gasteiger partial charge in [0.1, 0.15) is 4.90 Å². The Morgan fingerprint density at radius 2 is 2.07 bits per heavy atom. The van der Waals surface area contributed by atoms with Gasteiger partial charge in [-0.25, -0.2) is 13.4 Å². The van der Waals surface area contributed by atoms with E-state index in [1.165, 1.54) is 0 Å². The highest BCUT2D eigenvalue weighted by Crippen LogP contribution is 2.22. The molecule has 4 nitrogen and oxygen atoms in total. The average Bonchev–Trinajstić information content (AvgIpc) is 2.07. The first-order valence-electron chi connectivity index (χ1n) is 3.26. The van der Waals surface area contributed by atoms with Gasteiger partial charge in [0.2, 0.25) is 0 Å². The fraction of sp³-hybridized carbons (Fsp3) is 0. The molecule has 1 unspecified atom stereocenters. The van der Waals surface area contributed by atoms with E-state index in [2.05, 4.69) is 15.9 Å². The first-order chi connectivity index (χ1) is 6.43. The number of carboxylic acid groups (broad SMARTS) is 1. The highest BCUT2D eigenvalue weighted by molar-refractivity contribution is 9.10. The number of halogens is 2. The number of rotatable bonds is 2. The Balaban J connectivity index is 3.47. The lowest BCUT2D eigenvalue weighted by atomic mass is 10.2. The van der Waals surface area contributed by atoms with Gasteiger partial charge in [0, 0.05) is 4.47 Å². The number of carboxylic acids is 1. The van der Waals surface area contributed by atoms with Crippen LogP contribution in [0.25, 0.3) is 0 Å². The highest BCUT2D eigenvalue weighted by Gasteiger charge is 2.18. The lowest BCUT2D eigenvalue weighted by Crippen LogP contribution is -2.05. The molecule has 0 amide bonds. The van der Waals surface area contributed by atoms with Crippen molar-refractivity contribution in [1.82, 2.24) is 0 Å². The zero-order chi connectivity index (χ0) is 10.9. The van der Waals surface area contributed by atoms with Crippen molar-refractivity contribution in [2.24, 2.45) is 0 Å². The molecule has 1 rings (SSSR count). The van der Waals surface area contributed by atoms with E-state index in [0.717, 1.165) is 12.1 Å². The minimum Gasteiger partial charge on any atom is -0.478 e. The molecule has 0 saturated heterocycles. The van der Waals surface area contributed by atoms with Gasteiger partial charge >= 0.3 is 5.97 Å². The average molecular weight is 283 g/mol. The van der Waals surface area contributed by atoms with Crippen LogP contribution in [-0.4, -0.2) is 19.8 Å². The van der Waals surface area contributed by atoms with Crippen molar-refractivity contribution in [3.8, 4) is 0 Å². The lowest BCUT2D eigenvalue weighted by Gasteiger charge is -2.02. The Kier molecular flexibility index (Phi) is 3.35. The molecular formula is C7H4BrFO4S. The maximum absolute atomic E-state index is 13.2. The molecule has 0 aromatic heterocycles. The smallest absolute Gasteiger partial charge is 0.338 e. The molecule has 7 heteroatoms. The van der Waals surface area contributed by atoms with Gasteiger partial charge in [-0.05, 0) is 12.1 Å². The largest absolute Gasteiger partial charge is 0.478 e. The number of aromatic carboxylic acids is 1. The summed E-state index contributed by atoms with van der Waals surface area (Å²) in [6.45, 7) is 0. The molecule has 0 heterocycles. The Morgan fingerprint density at radius 3 is 2.50 bits per heavy atom. The normalized spacial score (nSPS) is 12.5. The summed E-state index contributed by atoms with van der Waals surface area (Å²) in [6.07, 6.45) is 0. The van der Waals surface area contributed by atoms with Crippen molar-refractivity contribution >= 4 is 33.0 Å². The van der Waals surface area contributed by atoms with Crippen LogP contribution in [0.1, 0.15) is 10.4 Å². The van der Waals surface area contributed by atoms with Gasteiger partial charge in [-0.15, -0.1) is 0 Å². The van der Waals surface area contributed by atoms with Crippen LogP contribution < -0.4 is 0 Å². The van der Waals surface area contributed by atoms with E-state index in [1.807, 2.05) is 0 Å². The van der Waals surface area contributed by atoms with Gasteiger partial charge in [-0.3, -0.25) is 0 Å². The van der Waals surface area contributed by atoms with Gasteiger partial charge in [-0.2, -0.15) is 0 Å². The van der Waals surface area contributed by atoms with Gasteiger partial charge in [0.05, 0.1) is 5.56 Å². The van der Waals surface area contributed by atoms with Crippen LogP contribution in [0.15, 0.2) is 21.5 Å². The first kappa shape index (κ1) is 11.3. The molecular weight excluding hydrogens is 279 g/mol. The maximum Gasteiger partial charge on any atom is 0.338 e. The predicted octanol–water partition coefficient (Wildman–Crippen LogP) is 1.87. The topological polar surface area (TPSA) is 74.6 Å². The summed E-state index contributed by atoms with van der Waals surface area (Å²) in [5.74, 6) is -2.68. The van der Waals surface area contributed by atoms with Crippen LogP contribution in [0.4, 0.5) is 4.39 Å². The number of benzene rings is 1. The van der Waals surface area contributed by atoms with Crippen molar-refractivity contribution < 1.29 is 23.1 Å². The van der Waals surface area contributed by atoms with Crippen molar-refractivity contribution in [1.29, 1.82) is 0 Å². The quantitative estimate of drug-likeness (QED) is 0.812. The van der Waals surface area contributed by atoms with Crippen LogP contribution in [0.5, 0.6) is 0 Å². The molecule has 0 fully saturated rings. The summed E-state index contributed by atoms with van der Waals surface area (Å²) in [6, 6.07) is 2.08. The van der Waals surface area contributed by atoms with Crippen LogP contribution in [0.3, 0.4) is 0 Å². The van der Waals surface area contributed by atoms with Crippen LogP contribution >= 0.6 is 15.9 Å². The third-order valence-electron chi connectivity index (χ3n) is 1.42. The van der Waals surface area contributed by atoms with Gasteiger partial charge in [0.15, 0.2) is 16.9 Å². The molecule has 1 atom stereocenters. The molecule has 0 aliphatic carbocycles. The Labute approximate surface area is 89.2 Å². The van der Waals surface area contributed by atoms with Crippen molar-refractivity contribution in [3.05, 3.63) is 28.0 Å². The second kappa shape index (κ2) is 4.16. The van der Waals surface area contributed by atoms with Crippen LogP contribution in [0.2, 0.25) is 0 Å². The Morgan fingerprint density at radius 1 is 1.50 bits per heavy atom. The van der Waals surface area contributed by atoms with E-state index in [1.54, 1.807) is 0 Å². The Bertz CT molecular complexity index is 385. The van der Waals surface area contributed by atoms with Crippen molar-refractivity contribution in [2.75, 3.05) is 0 Å². The summed E-state index contributed by atoms with van der Waals surface area (Å²) in [5.41, 5.74) is -0.642. The Hall–Kier alpha value is -0.790.